The Morgan fingerprint density at radius 3 is 2.17 bits per heavy atom. The van der Waals surface area contributed by atoms with E-state index in [1.54, 1.807) is 0 Å². The highest BCUT2D eigenvalue weighted by Crippen LogP contribution is 2.29. The summed E-state index contributed by atoms with van der Waals surface area (Å²) in [7, 11) is 1.28. The zero-order valence-corrected chi connectivity index (χ0v) is 11.7. The van der Waals surface area contributed by atoms with Gasteiger partial charge in [0.1, 0.15) is 0 Å². The maximum Gasteiger partial charge on any atom is 0.339 e. The molecule has 1 N–H and O–H groups in total. The molecule has 0 saturated carbocycles. The van der Waals surface area contributed by atoms with Crippen molar-refractivity contribution in [2.75, 3.05) is 7.11 Å². The third-order valence-electron chi connectivity index (χ3n) is 3.12. The highest BCUT2D eigenvalue weighted by Gasteiger charge is 2.22. The van der Waals surface area contributed by atoms with E-state index < -0.39 is 12.1 Å². The van der Waals surface area contributed by atoms with E-state index in [2.05, 4.69) is 18.6 Å². The van der Waals surface area contributed by atoms with E-state index >= 15 is 0 Å². The smallest absolute Gasteiger partial charge is 0.339 e. The van der Waals surface area contributed by atoms with Gasteiger partial charge in [0, 0.05) is 0 Å². The molecule has 0 radical (unpaired) electrons. The first-order chi connectivity index (χ1) is 8.38. The Balaban J connectivity index is 3.27. The Kier molecular flexibility index (Phi) is 4.91. The van der Waals surface area contributed by atoms with Gasteiger partial charge in [0.25, 0.3) is 0 Å². The van der Waals surface area contributed by atoms with Gasteiger partial charge in [0.05, 0.1) is 7.11 Å². The van der Waals surface area contributed by atoms with Crippen LogP contribution in [-0.2, 0) is 9.53 Å². The lowest BCUT2D eigenvalue weighted by atomic mass is 9.89. The molecule has 100 valence electrons. The van der Waals surface area contributed by atoms with E-state index in [1.165, 1.54) is 7.11 Å². The van der Waals surface area contributed by atoms with Crippen LogP contribution in [0.2, 0.25) is 0 Å². The van der Waals surface area contributed by atoms with Crippen molar-refractivity contribution in [2.24, 2.45) is 0 Å². The van der Waals surface area contributed by atoms with Crippen molar-refractivity contribution in [3.05, 3.63) is 34.9 Å². The van der Waals surface area contributed by atoms with Gasteiger partial charge in [-0.1, -0.05) is 45.9 Å². The molecule has 0 spiro atoms. The van der Waals surface area contributed by atoms with Crippen LogP contribution in [-0.4, -0.2) is 18.2 Å². The number of rotatable bonds is 4. The lowest BCUT2D eigenvalue weighted by Crippen LogP contribution is -2.16. The van der Waals surface area contributed by atoms with Crippen molar-refractivity contribution < 1.29 is 14.6 Å². The molecule has 0 heterocycles. The Bertz CT molecular complexity index is 422. The van der Waals surface area contributed by atoms with Crippen LogP contribution in [0.4, 0.5) is 0 Å². The minimum absolute atomic E-state index is 0.250. The van der Waals surface area contributed by atoms with Crippen molar-refractivity contribution in [1.29, 1.82) is 0 Å². The van der Waals surface area contributed by atoms with Gasteiger partial charge in [-0.15, -0.1) is 0 Å². The molecule has 0 saturated heterocycles. The molecule has 0 aliphatic rings. The van der Waals surface area contributed by atoms with Crippen LogP contribution >= 0.6 is 0 Å². The first kappa shape index (κ1) is 14.7. The molecule has 1 unspecified atom stereocenters. The molecule has 0 fully saturated rings. The summed E-state index contributed by atoms with van der Waals surface area (Å²) in [6, 6.07) is 5.94. The summed E-state index contributed by atoms with van der Waals surface area (Å²) in [5.74, 6) is -0.00636. The van der Waals surface area contributed by atoms with Gasteiger partial charge in [-0.3, -0.25) is 0 Å². The maximum absolute atomic E-state index is 11.5. The number of aliphatic hydroxyl groups excluding tert-OH is 1. The van der Waals surface area contributed by atoms with Gasteiger partial charge >= 0.3 is 5.97 Å². The molecule has 0 aromatic heterocycles. The number of carbonyl (C=O) groups excluding carboxylic acids is 1. The average molecular weight is 250 g/mol. The minimum Gasteiger partial charge on any atom is -0.467 e. The number of ether oxygens (including phenoxy) is 1. The first-order valence-electron chi connectivity index (χ1n) is 6.28. The van der Waals surface area contributed by atoms with Crippen molar-refractivity contribution in [3.8, 4) is 0 Å². The van der Waals surface area contributed by atoms with Crippen LogP contribution in [0.5, 0.6) is 0 Å². The van der Waals surface area contributed by atoms with Crippen LogP contribution in [0.3, 0.4) is 0 Å². The summed E-state index contributed by atoms with van der Waals surface area (Å²) < 4.78 is 4.61. The molecule has 3 nitrogen and oxygen atoms in total. The summed E-state index contributed by atoms with van der Waals surface area (Å²) in [5, 5.41) is 10.1. The lowest BCUT2D eigenvalue weighted by molar-refractivity contribution is -0.150. The number of methoxy groups -OCH3 is 1. The molecule has 3 heteroatoms. The zero-order chi connectivity index (χ0) is 13.9. The molecule has 0 amide bonds. The van der Waals surface area contributed by atoms with E-state index in [0.29, 0.717) is 11.5 Å². The number of hydrogen-bond acceptors (Lipinski definition) is 3. The minimum atomic E-state index is -1.20. The highest BCUT2D eigenvalue weighted by atomic mass is 16.5. The second-order valence-electron chi connectivity index (χ2n) is 5.12. The molecule has 18 heavy (non-hydrogen) atoms. The van der Waals surface area contributed by atoms with Crippen LogP contribution in [0.15, 0.2) is 18.2 Å². The Labute approximate surface area is 109 Å². The van der Waals surface area contributed by atoms with Gasteiger partial charge in [-0.05, 0) is 28.5 Å². The zero-order valence-electron chi connectivity index (χ0n) is 11.7. The van der Waals surface area contributed by atoms with Crippen molar-refractivity contribution in [2.45, 2.75) is 45.6 Å². The fraction of sp³-hybridized carbons (Fsp3) is 0.533. The van der Waals surface area contributed by atoms with Gasteiger partial charge in [0.15, 0.2) is 6.10 Å². The first-order valence-corrected chi connectivity index (χ1v) is 6.28. The predicted octanol–water partition coefficient (Wildman–Crippen LogP) is 3.14. The Hall–Kier alpha value is -1.35. The summed E-state index contributed by atoms with van der Waals surface area (Å²) >= 11 is 0. The molecule has 1 aromatic rings. The quantitative estimate of drug-likeness (QED) is 0.835. The standard InChI is InChI=1S/C15H22O3/c1-9(2)11-6-7-12(10(3)4)13(8-11)14(16)15(17)18-5/h6-10,14,16H,1-5H3. The average Bonchev–Trinajstić information content (AvgIpc) is 2.35. The third kappa shape index (κ3) is 3.10. The van der Waals surface area contributed by atoms with Crippen LogP contribution in [0.1, 0.15) is 62.3 Å². The van der Waals surface area contributed by atoms with Crippen molar-refractivity contribution in [1.82, 2.24) is 0 Å². The molecule has 1 rings (SSSR count). The van der Waals surface area contributed by atoms with Crippen LogP contribution < -0.4 is 0 Å². The van der Waals surface area contributed by atoms with Gasteiger partial charge in [-0.25, -0.2) is 4.79 Å². The fourth-order valence-corrected chi connectivity index (χ4v) is 1.95. The topological polar surface area (TPSA) is 46.5 Å². The molecule has 1 atom stereocenters. The summed E-state index contributed by atoms with van der Waals surface area (Å²) in [4.78, 5) is 11.5. The van der Waals surface area contributed by atoms with Crippen molar-refractivity contribution >= 4 is 5.97 Å². The maximum atomic E-state index is 11.5. The summed E-state index contributed by atoms with van der Waals surface area (Å²) in [6.07, 6.45) is -1.20. The number of aliphatic hydroxyl groups is 1. The van der Waals surface area contributed by atoms with Crippen molar-refractivity contribution in [3.63, 3.8) is 0 Å². The van der Waals surface area contributed by atoms with Gasteiger partial charge in [-0.2, -0.15) is 0 Å². The van der Waals surface area contributed by atoms with E-state index in [1.807, 2.05) is 32.0 Å². The second-order valence-corrected chi connectivity index (χ2v) is 5.12. The largest absolute Gasteiger partial charge is 0.467 e. The number of benzene rings is 1. The number of carbonyl (C=O) groups is 1. The monoisotopic (exact) mass is 250 g/mol. The van der Waals surface area contributed by atoms with Gasteiger partial charge in [0.2, 0.25) is 0 Å². The van der Waals surface area contributed by atoms with Crippen LogP contribution in [0.25, 0.3) is 0 Å². The van der Waals surface area contributed by atoms with E-state index in [0.717, 1.165) is 11.1 Å². The SMILES string of the molecule is COC(=O)C(O)c1cc(C(C)C)ccc1C(C)C. The van der Waals surface area contributed by atoms with E-state index in [-0.39, 0.29) is 5.92 Å². The van der Waals surface area contributed by atoms with E-state index in [9.17, 15) is 9.90 Å². The number of esters is 1. The fourth-order valence-electron chi connectivity index (χ4n) is 1.95. The highest BCUT2D eigenvalue weighted by molar-refractivity contribution is 5.76. The molecule has 0 aliphatic heterocycles. The van der Waals surface area contributed by atoms with E-state index in [4.69, 9.17) is 0 Å². The van der Waals surface area contributed by atoms with Gasteiger partial charge < -0.3 is 9.84 Å². The Morgan fingerprint density at radius 1 is 1.11 bits per heavy atom. The molecular formula is C15H22O3. The second kappa shape index (κ2) is 6.01. The molecule has 0 bridgehead atoms. The molecule has 0 aliphatic carbocycles. The van der Waals surface area contributed by atoms with Crippen LogP contribution in [0, 0.1) is 0 Å². The Morgan fingerprint density at radius 2 is 1.72 bits per heavy atom. The number of hydrogen-bond donors (Lipinski definition) is 1. The molecule has 1 aromatic carbocycles. The predicted molar refractivity (Wildman–Crippen MR) is 71.6 cm³/mol. The summed E-state index contributed by atoms with van der Waals surface area (Å²) in [6.45, 7) is 8.24. The lowest BCUT2D eigenvalue weighted by Gasteiger charge is -2.19. The third-order valence-corrected chi connectivity index (χ3v) is 3.12. The molecular weight excluding hydrogens is 228 g/mol. The normalized spacial score (nSPS) is 12.9. The summed E-state index contributed by atoms with van der Waals surface area (Å²) in [5.41, 5.74) is 2.75.